The molecule has 0 amide bonds. The molecular weight excluding hydrogens is 394 g/mol. The number of hydrogen-bond donors (Lipinski definition) is 1. The monoisotopic (exact) mass is 419 g/mol. The molecule has 0 radical (unpaired) electrons. The van der Waals surface area contributed by atoms with Gasteiger partial charge in [0.2, 0.25) is 5.78 Å². The standard InChI is InChI=1S/C22H25NO5.ClH/c1-14-18(19(24)15(2)21(28-3)20(14)25)12-17(22(26)27)10-6-4-5-8-16-9-7-11-23-13-16;/h7,9,11-13H,4-6,8,10H2,1-3H3,(H,26,27);1H/b17-12+;. The summed E-state index contributed by atoms with van der Waals surface area (Å²) in [5.74, 6) is -1.81. The lowest BCUT2D eigenvalue weighted by Crippen LogP contribution is -2.22. The summed E-state index contributed by atoms with van der Waals surface area (Å²) in [5, 5.41) is 9.51. The fourth-order valence-electron chi connectivity index (χ4n) is 3.14. The number of Topliss-reactive ketones (excluding diaryl/α,β-unsaturated/α-hetero) is 2. The van der Waals surface area contributed by atoms with E-state index >= 15 is 0 Å². The van der Waals surface area contributed by atoms with Gasteiger partial charge in [0.05, 0.1) is 7.11 Å². The SMILES string of the molecule is COC1=C(C)C(=O)C(/C=C(\CCCCCc2cccnc2)C(=O)O)=C(C)C1=O.Cl. The summed E-state index contributed by atoms with van der Waals surface area (Å²) in [7, 11) is 1.34. The van der Waals surface area contributed by atoms with Gasteiger partial charge in [-0.3, -0.25) is 14.6 Å². The van der Waals surface area contributed by atoms with Gasteiger partial charge in [-0.2, -0.15) is 0 Å². The molecule has 0 aromatic carbocycles. The van der Waals surface area contributed by atoms with E-state index in [2.05, 4.69) is 4.98 Å². The summed E-state index contributed by atoms with van der Waals surface area (Å²) in [4.78, 5) is 40.6. The number of aromatic nitrogens is 1. The van der Waals surface area contributed by atoms with Gasteiger partial charge < -0.3 is 9.84 Å². The van der Waals surface area contributed by atoms with Crippen LogP contribution in [0.25, 0.3) is 0 Å². The number of halogens is 1. The molecule has 0 saturated carbocycles. The van der Waals surface area contributed by atoms with Crippen molar-refractivity contribution in [1.82, 2.24) is 4.98 Å². The Morgan fingerprint density at radius 1 is 1.14 bits per heavy atom. The lowest BCUT2D eigenvalue weighted by Gasteiger charge is -2.18. The van der Waals surface area contributed by atoms with Gasteiger partial charge in [0.15, 0.2) is 11.5 Å². The van der Waals surface area contributed by atoms with Crippen LogP contribution in [0.5, 0.6) is 0 Å². The van der Waals surface area contributed by atoms with Gasteiger partial charge in [-0.15, -0.1) is 12.4 Å². The zero-order valence-electron chi connectivity index (χ0n) is 16.9. The van der Waals surface area contributed by atoms with Gasteiger partial charge in [0, 0.05) is 34.7 Å². The molecule has 1 aliphatic rings. The van der Waals surface area contributed by atoms with Crippen LogP contribution >= 0.6 is 12.4 Å². The average Bonchev–Trinajstić information content (AvgIpc) is 2.69. The Labute approximate surface area is 176 Å². The van der Waals surface area contributed by atoms with Gasteiger partial charge in [-0.1, -0.05) is 12.5 Å². The van der Waals surface area contributed by atoms with Crippen molar-refractivity contribution in [2.75, 3.05) is 7.11 Å². The molecule has 1 aromatic rings. The first kappa shape index (κ1) is 24.3. The number of hydrogen-bond acceptors (Lipinski definition) is 5. The number of carboxylic acids is 1. The molecule has 0 unspecified atom stereocenters. The second kappa shape index (κ2) is 11.3. The van der Waals surface area contributed by atoms with Crippen molar-refractivity contribution in [3.05, 3.63) is 64.2 Å². The molecule has 1 aliphatic carbocycles. The number of ether oxygens (including phenoxy) is 1. The summed E-state index contributed by atoms with van der Waals surface area (Å²) in [6.45, 7) is 3.03. The molecule has 0 fully saturated rings. The number of carboxylic acid groups (broad SMARTS) is 1. The van der Waals surface area contributed by atoms with Crippen molar-refractivity contribution in [3.8, 4) is 0 Å². The largest absolute Gasteiger partial charge is 0.492 e. The molecule has 6 nitrogen and oxygen atoms in total. The first-order chi connectivity index (χ1) is 13.4. The number of aliphatic carboxylic acids is 1. The molecule has 7 heteroatoms. The molecule has 2 rings (SSSR count). The van der Waals surface area contributed by atoms with E-state index in [1.165, 1.54) is 27.0 Å². The van der Waals surface area contributed by atoms with Gasteiger partial charge in [0.1, 0.15) is 0 Å². The molecule has 0 aliphatic heterocycles. The van der Waals surface area contributed by atoms with E-state index in [1.807, 2.05) is 18.3 Å². The fraction of sp³-hybridized carbons (Fsp3) is 0.364. The summed E-state index contributed by atoms with van der Waals surface area (Å²) in [6, 6.07) is 3.91. The highest BCUT2D eigenvalue weighted by molar-refractivity contribution is 6.25. The van der Waals surface area contributed by atoms with Crippen LogP contribution in [0.2, 0.25) is 0 Å². The summed E-state index contributed by atoms with van der Waals surface area (Å²) in [5.41, 5.74) is 1.83. The smallest absolute Gasteiger partial charge is 0.331 e. The Morgan fingerprint density at radius 3 is 2.45 bits per heavy atom. The van der Waals surface area contributed by atoms with Crippen LogP contribution in [0.1, 0.15) is 45.1 Å². The molecule has 0 bridgehead atoms. The molecule has 0 spiro atoms. The van der Waals surface area contributed by atoms with Crippen molar-refractivity contribution >= 4 is 29.9 Å². The number of methoxy groups -OCH3 is 1. The molecule has 0 atom stereocenters. The topological polar surface area (TPSA) is 93.6 Å². The number of carbonyl (C=O) groups excluding carboxylic acids is 2. The Kier molecular flexibility index (Phi) is 9.48. The van der Waals surface area contributed by atoms with Crippen molar-refractivity contribution < 1.29 is 24.2 Å². The first-order valence-electron chi connectivity index (χ1n) is 9.24. The highest BCUT2D eigenvalue weighted by Crippen LogP contribution is 2.27. The van der Waals surface area contributed by atoms with Crippen molar-refractivity contribution in [2.45, 2.75) is 46.0 Å². The number of pyridine rings is 1. The van der Waals surface area contributed by atoms with Crippen molar-refractivity contribution in [3.63, 3.8) is 0 Å². The number of unbranched alkanes of at least 4 members (excludes halogenated alkanes) is 2. The Balaban J connectivity index is 0.00000420. The minimum atomic E-state index is -1.08. The average molecular weight is 420 g/mol. The molecule has 1 heterocycles. The summed E-state index contributed by atoms with van der Waals surface area (Å²) >= 11 is 0. The predicted molar refractivity (Wildman–Crippen MR) is 112 cm³/mol. The van der Waals surface area contributed by atoms with Gasteiger partial charge in [-0.25, -0.2) is 4.79 Å². The molecule has 156 valence electrons. The second-order valence-electron chi connectivity index (χ2n) is 6.75. The number of aryl methyl sites for hydroxylation is 1. The highest BCUT2D eigenvalue weighted by Gasteiger charge is 2.30. The Bertz CT molecular complexity index is 868. The molecule has 29 heavy (non-hydrogen) atoms. The Hall–Kier alpha value is -2.73. The summed E-state index contributed by atoms with van der Waals surface area (Å²) in [6.07, 6.45) is 8.59. The summed E-state index contributed by atoms with van der Waals surface area (Å²) < 4.78 is 5.02. The van der Waals surface area contributed by atoms with E-state index in [1.54, 1.807) is 6.20 Å². The van der Waals surface area contributed by atoms with Crippen LogP contribution in [0, 0.1) is 0 Å². The highest BCUT2D eigenvalue weighted by atomic mass is 35.5. The minimum Gasteiger partial charge on any atom is -0.492 e. The lowest BCUT2D eigenvalue weighted by molar-refractivity contribution is -0.132. The van der Waals surface area contributed by atoms with E-state index < -0.39 is 5.97 Å². The second-order valence-corrected chi connectivity index (χ2v) is 6.75. The fourth-order valence-corrected chi connectivity index (χ4v) is 3.14. The van der Waals surface area contributed by atoms with Crippen LogP contribution in [0.15, 0.2) is 58.7 Å². The third kappa shape index (κ3) is 6.12. The third-order valence-corrected chi connectivity index (χ3v) is 4.81. The van der Waals surface area contributed by atoms with Crippen LogP contribution in [-0.4, -0.2) is 34.7 Å². The number of carbonyl (C=O) groups is 3. The van der Waals surface area contributed by atoms with E-state index in [0.29, 0.717) is 12.8 Å². The normalized spacial score (nSPS) is 14.8. The lowest BCUT2D eigenvalue weighted by atomic mass is 9.88. The van der Waals surface area contributed by atoms with E-state index in [4.69, 9.17) is 4.74 Å². The van der Waals surface area contributed by atoms with Gasteiger partial charge in [-0.05, 0) is 57.2 Å². The molecule has 0 saturated heterocycles. The molecular formula is C22H26ClNO5. The van der Waals surface area contributed by atoms with E-state index in [-0.39, 0.29) is 52.0 Å². The number of rotatable bonds is 9. The zero-order chi connectivity index (χ0) is 20.7. The quantitative estimate of drug-likeness (QED) is 0.369. The van der Waals surface area contributed by atoms with Crippen LogP contribution in [0.3, 0.4) is 0 Å². The zero-order valence-corrected chi connectivity index (χ0v) is 17.7. The predicted octanol–water partition coefficient (Wildman–Crippen LogP) is 4.01. The van der Waals surface area contributed by atoms with Crippen molar-refractivity contribution in [1.29, 1.82) is 0 Å². The molecule has 1 N–H and O–H groups in total. The van der Waals surface area contributed by atoms with Crippen LogP contribution in [-0.2, 0) is 25.5 Å². The number of allylic oxidation sites excluding steroid dienone is 4. The van der Waals surface area contributed by atoms with Gasteiger partial charge in [0.25, 0.3) is 0 Å². The van der Waals surface area contributed by atoms with E-state index in [9.17, 15) is 19.5 Å². The maximum absolute atomic E-state index is 12.6. The van der Waals surface area contributed by atoms with Gasteiger partial charge >= 0.3 is 5.97 Å². The Morgan fingerprint density at radius 2 is 1.86 bits per heavy atom. The molecule has 1 aromatic heterocycles. The third-order valence-electron chi connectivity index (χ3n) is 4.81. The van der Waals surface area contributed by atoms with Crippen LogP contribution < -0.4 is 0 Å². The number of ketones is 2. The maximum Gasteiger partial charge on any atom is 0.331 e. The maximum atomic E-state index is 12.6. The first-order valence-corrected chi connectivity index (χ1v) is 9.24. The van der Waals surface area contributed by atoms with E-state index in [0.717, 1.165) is 24.8 Å². The van der Waals surface area contributed by atoms with Crippen molar-refractivity contribution in [2.24, 2.45) is 0 Å². The number of nitrogens with zero attached hydrogens (tertiary/aromatic N) is 1. The minimum absolute atomic E-state index is 0. The van der Waals surface area contributed by atoms with Crippen LogP contribution in [0.4, 0.5) is 0 Å².